The summed E-state index contributed by atoms with van der Waals surface area (Å²) in [6, 6.07) is 0. The molecule has 0 spiro atoms. The Hall–Kier alpha value is 0.820. The van der Waals surface area contributed by atoms with Crippen LogP contribution in [0.5, 0.6) is 0 Å². The predicted molar refractivity (Wildman–Crippen MR) is 80.3 cm³/mol. The number of hydrogen-bond donors (Lipinski definition) is 0. The Balaban J connectivity index is -0.0000000501. The Kier molecular flexibility index (Phi) is 78.7. The number of nitrogens with zero attached hydrogens (tertiary/aromatic N) is 2. The van der Waals surface area contributed by atoms with Gasteiger partial charge in [-0.2, -0.15) is 0 Å². The molecular weight excluding hydrogens is 458 g/mol. The zero-order valence-corrected chi connectivity index (χ0v) is 22.3. The summed E-state index contributed by atoms with van der Waals surface area (Å²) in [5.41, 5.74) is 0. The molecule has 16 nitrogen and oxygen atoms in total. The molecule has 0 bridgehead atoms. The summed E-state index contributed by atoms with van der Waals surface area (Å²) < 4.78 is 0. The molecule has 19 heteroatoms. The Morgan fingerprint density at radius 1 is 0.483 bits per heavy atom. The molecule has 0 amide bonds. The second-order valence-electron chi connectivity index (χ2n) is 3.91. The summed E-state index contributed by atoms with van der Waals surface area (Å²) in [5, 5.41) is 41.6. The molecule has 0 saturated carbocycles. The van der Waals surface area contributed by atoms with Crippen LogP contribution in [0.1, 0.15) is 0 Å². The van der Waals surface area contributed by atoms with E-state index in [1.807, 2.05) is 0 Å². The summed E-state index contributed by atoms with van der Waals surface area (Å²) in [4.78, 5) is 43.4. The third kappa shape index (κ3) is 43.5. The van der Waals surface area contributed by atoms with Gasteiger partial charge in [-0.3, -0.25) is 9.80 Å². The molecule has 0 aliphatic rings. The number of carboxylic acid groups (broad SMARTS) is 4. The minimum atomic E-state index is -1.53. The van der Waals surface area contributed by atoms with Gasteiger partial charge >= 0.3 is 96.9 Å². The minimum absolute atomic E-state index is 0. The van der Waals surface area contributed by atoms with E-state index >= 15 is 0 Å². The molecule has 0 atom stereocenters. The van der Waals surface area contributed by atoms with Crippen LogP contribution in [0.3, 0.4) is 0 Å². The number of rotatable bonds is 11. The van der Waals surface area contributed by atoms with Crippen LogP contribution in [0.4, 0.5) is 0 Å². The van der Waals surface area contributed by atoms with Crippen LogP contribution >= 0.6 is 0 Å². The number of aliphatic carboxylic acids is 4. The van der Waals surface area contributed by atoms with Crippen LogP contribution in [0.15, 0.2) is 0 Å². The normalized spacial score (nSPS) is 7.38. The van der Waals surface area contributed by atoms with Crippen LogP contribution in [0, 0.1) is 0 Å². The quantitative estimate of drug-likeness (QED) is 0.250. The fourth-order valence-electron chi connectivity index (χ4n) is 1.44. The van der Waals surface area contributed by atoms with Gasteiger partial charge in [0.25, 0.3) is 0 Å². The first kappa shape index (κ1) is 63.1. The fraction of sp³-hybridized carbons (Fsp3) is 0.600. The van der Waals surface area contributed by atoms with E-state index in [1.54, 1.807) is 0 Å². The zero-order valence-electron chi connectivity index (χ0n) is 16.1. The molecule has 0 radical (unpaired) electrons. The van der Waals surface area contributed by atoms with E-state index in [-0.39, 0.29) is 143 Å². The van der Waals surface area contributed by atoms with Gasteiger partial charge in [-0.05, 0) is 0 Å². The van der Waals surface area contributed by atoms with Gasteiger partial charge in [0.15, 0.2) is 0 Å². The zero-order chi connectivity index (χ0) is 15.7. The van der Waals surface area contributed by atoms with Crippen molar-refractivity contribution in [3.63, 3.8) is 0 Å². The molecule has 162 valence electrons. The van der Waals surface area contributed by atoms with Crippen molar-refractivity contribution in [2.24, 2.45) is 0 Å². The molecule has 0 aliphatic heterocycles. The third-order valence-electron chi connectivity index (χ3n) is 2.14. The molecule has 0 saturated heterocycles. The van der Waals surface area contributed by atoms with Gasteiger partial charge in [-0.25, -0.2) is 0 Å². The maximum Gasteiger partial charge on any atom is 2.00 e. The number of carbonyl (C=O) groups excluding carboxylic acids is 4. The van der Waals surface area contributed by atoms with Crippen LogP contribution in [0.2, 0.25) is 0 Å². The minimum Gasteiger partial charge on any atom is -0.549 e. The van der Waals surface area contributed by atoms with E-state index < -0.39 is 50.1 Å². The van der Waals surface area contributed by atoms with Crippen molar-refractivity contribution in [2.45, 2.75) is 0 Å². The van der Waals surface area contributed by atoms with Crippen molar-refractivity contribution in [3.05, 3.63) is 0 Å². The summed E-state index contributed by atoms with van der Waals surface area (Å²) in [6.07, 6.45) is 0. The molecule has 12 N–H and O–H groups in total. The first-order valence-corrected chi connectivity index (χ1v) is 5.44. The Bertz CT molecular complexity index is 339. The molecule has 0 aliphatic carbocycles. The average molecular weight is 482 g/mol. The molecule has 0 aromatic carbocycles. The Labute approximate surface area is 239 Å². The standard InChI is InChI=1S/C10H16N2O8.Ca.2Na.6H2O/c13-7(14)3-11(4-8(15)16)1-2-12(5-9(17)18)6-10(19)20;;;;;;;;;/h1-6H2,(H,13,14)(H,15,16)(H,17,18)(H,19,20);;;;6*1H2/q;+2;2*+1;;;;;;/p-4. The fourth-order valence-corrected chi connectivity index (χ4v) is 1.44. The van der Waals surface area contributed by atoms with Gasteiger partial charge in [0.2, 0.25) is 0 Å². The van der Waals surface area contributed by atoms with Gasteiger partial charge < -0.3 is 72.5 Å². The third-order valence-corrected chi connectivity index (χ3v) is 2.14. The monoisotopic (exact) mass is 482 g/mol. The maximum atomic E-state index is 10.4. The maximum absolute atomic E-state index is 10.4. The molecule has 0 aromatic rings. The number of hydrogen-bond acceptors (Lipinski definition) is 10. The van der Waals surface area contributed by atoms with E-state index in [1.165, 1.54) is 0 Å². The van der Waals surface area contributed by atoms with Gasteiger partial charge in [0.1, 0.15) is 0 Å². The van der Waals surface area contributed by atoms with Crippen LogP contribution in [-0.4, -0.2) is 144 Å². The van der Waals surface area contributed by atoms with E-state index in [2.05, 4.69) is 0 Å². The summed E-state index contributed by atoms with van der Waals surface area (Å²) in [6.45, 7) is -3.25. The summed E-state index contributed by atoms with van der Waals surface area (Å²) in [7, 11) is 0. The van der Waals surface area contributed by atoms with E-state index in [0.717, 1.165) is 9.80 Å². The first-order valence-electron chi connectivity index (χ1n) is 5.44. The molecule has 0 heterocycles. The first-order chi connectivity index (χ1) is 9.20. The van der Waals surface area contributed by atoms with Gasteiger partial charge in [-0.1, -0.05) is 0 Å². The van der Waals surface area contributed by atoms with Crippen LogP contribution < -0.4 is 79.5 Å². The molecular formula is C10H24CaN2Na2O14. The predicted octanol–water partition coefficient (Wildman–Crippen LogP) is -18.7. The number of carbonyl (C=O) groups is 4. The van der Waals surface area contributed by atoms with E-state index in [0.29, 0.717) is 0 Å². The topological polar surface area (TPSA) is 356 Å². The summed E-state index contributed by atoms with van der Waals surface area (Å²) in [5.74, 6) is -6.12. The van der Waals surface area contributed by atoms with Gasteiger partial charge in [0, 0.05) is 39.3 Å². The summed E-state index contributed by atoms with van der Waals surface area (Å²) >= 11 is 0. The molecule has 0 aromatic heterocycles. The van der Waals surface area contributed by atoms with Gasteiger partial charge in [0.05, 0.1) is 23.9 Å². The molecule has 29 heavy (non-hydrogen) atoms. The van der Waals surface area contributed by atoms with Crippen LogP contribution in [-0.2, 0) is 19.2 Å². The largest absolute Gasteiger partial charge is 2.00 e. The average Bonchev–Trinajstić information content (AvgIpc) is 2.22. The van der Waals surface area contributed by atoms with Crippen molar-refractivity contribution in [2.75, 3.05) is 39.3 Å². The smallest absolute Gasteiger partial charge is 0.549 e. The second-order valence-corrected chi connectivity index (χ2v) is 3.91. The van der Waals surface area contributed by atoms with Gasteiger partial charge in [-0.15, -0.1) is 0 Å². The van der Waals surface area contributed by atoms with Crippen molar-refractivity contribution in [1.29, 1.82) is 0 Å². The molecule has 0 unspecified atom stereocenters. The second kappa shape index (κ2) is 36.2. The van der Waals surface area contributed by atoms with Crippen molar-refractivity contribution < 1.29 is 132 Å². The van der Waals surface area contributed by atoms with E-state index in [9.17, 15) is 39.6 Å². The van der Waals surface area contributed by atoms with Crippen molar-refractivity contribution in [3.8, 4) is 0 Å². The van der Waals surface area contributed by atoms with Crippen LogP contribution in [0.25, 0.3) is 0 Å². The molecule has 0 fully saturated rings. The van der Waals surface area contributed by atoms with E-state index in [4.69, 9.17) is 0 Å². The Morgan fingerprint density at radius 2 is 0.621 bits per heavy atom. The van der Waals surface area contributed by atoms with Crippen molar-refractivity contribution in [1.82, 2.24) is 9.80 Å². The van der Waals surface area contributed by atoms with Crippen molar-refractivity contribution >= 4 is 61.6 Å². The Morgan fingerprint density at radius 3 is 0.724 bits per heavy atom. The SMILES string of the molecule is O.O.O.O.O.O.O=C([O-])CN(CCN(CC(=O)[O-])CC(=O)[O-])CC(=O)[O-].[Ca+2].[Na+].[Na+]. The number of carboxylic acids is 4. The molecule has 0 rings (SSSR count).